The lowest BCUT2D eigenvalue weighted by Gasteiger charge is -2.50. The largest absolute Gasteiger partial charge is 0.339 e. The summed E-state index contributed by atoms with van der Waals surface area (Å²) in [6.45, 7) is 4.24. The molecule has 0 N–H and O–H groups in total. The van der Waals surface area contributed by atoms with Crippen LogP contribution >= 0.6 is 0 Å². The van der Waals surface area contributed by atoms with Gasteiger partial charge in [0.05, 0.1) is 0 Å². The van der Waals surface area contributed by atoms with Crippen molar-refractivity contribution in [3.8, 4) is 0 Å². The Kier molecular flexibility index (Phi) is 4.72. The van der Waals surface area contributed by atoms with E-state index in [9.17, 15) is 4.79 Å². The van der Waals surface area contributed by atoms with Gasteiger partial charge in [-0.25, -0.2) is 0 Å². The zero-order valence-electron chi connectivity index (χ0n) is 16.6. The highest BCUT2D eigenvalue weighted by Crippen LogP contribution is 2.47. The van der Waals surface area contributed by atoms with Crippen molar-refractivity contribution in [2.24, 2.45) is 5.41 Å². The number of hydrogen-bond acceptors (Lipinski definition) is 2. The third-order valence-corrected chi connectivity index (χ3v) is 7.14. The third kappa shape index (κ3) is 3.60. The van der Waals surface area contributed by atoms with Crippen molar-refractivity contribution in [3.63, 3.8) is 0 Å². The molecule has 2 saturated heterocycles. The van der Waals surface area contributed by atoms with E-state index >= 15 is 0 Å². The first-order valence-electron chi connectivity index (χ1n) is 10.9. The molecule has 5 rings (SSSR count). The molecule has 2 heterocycles. The van der Waals surface area contributed by atoms with Crippen molar-refractivity contribution in [2.45, 2.75) is 44.1 Å². The van der Waals surface area contributed by atoms with E-state index in [0.717, 1.165) is 37.5 Å². The maximum Gasteiger partial charge on any atom is 0.253 e. The van der Waals surface area contributed by atoms with Gasteiger partial charge in [-0.15, -0.1) is 0 Å². The summed E-state index contributed by atoms with van der Waals surface area (Å²) in [5.41, 5.74) is 2.69. The van der Waals surface area contributed by atoms with E-state index in [1.54, 1.807) is 0 Å². The SMILES string of the molecule is O=C(c1ccccc1)N1CCC2(CC1)C[C@@H](c1ccccc1)CN(C1CC1)C2. The fraction of sp³-hybridized carbons (Fsp3) is 0.480. The Morgan fingerprint density at radius 1 is 0.893 bits per heavy atom. The number of rotatable bonds is 3. The van der Waals surface area contributed by atoms with E-state index in [0.29, 0.717) is 11.3 Å². The summed E-state index contributed by atoms with van der Waals surface area (Å²) in [7, 11) is 0. The topological polar surface area (TPSA) is 23.6 Å². The van der Waals surface area contributed by atoms with Crippen molar-refractivity contribution in [1.29, 1.82) is 0 Å². The molecule has 0 unspecified atom stereocenters. The smallest absolute Gasteiger partial charge is 0.253 e. The zero-order chi connectivity index (χ0) is 19.0. The van der Waals surface area contributed by atoms with Gasteiger partial charge in [0.1, 0.15) is 0 Å². The van der Waals surface area contributed by atoms with Gasteiger partial charge in [0.2, 0.25) is 0 Å². The van der Waals surface area contributed by atoms with Crippen LogP contribution in [0.5, 0.6) is 0 Å². The van der Waals surface area contributed by atoms with E-state index in [1.807, 2.05) is 30.3 Å². The first kappa shape index (κ1) is 17.9. The third-order valence-electron chi connectivity index (χ3n) is 7.14. The summed E-state index contributed by atoms with van der Waals surface area (Å²) in [5, 5.41) is 0. The Bertz CT molecular complexity index is 807. The molecular weight excluding hydrogens is 344 g/mol. The standard InChI is InChI=1S/C25H30N2O/c28-24(21-9-5-2-6-10-21)26-15-13-25(14-16-26)17-22(20-7-3-1-4-8-20)18-27(19-25)23-11-12-23/h1-10,22-23H,11-19H2/t22-/m1/s1. The van der Waals surface area contributed by atoms with Crippen molar-refractivity contribution < 1.29 is 4.79 Å². The maximum atomic E-state index is 12.9. The van der Waals surface area contributed by atoms with Crippen molar-refractivity contribution in [1.82, 2.24) is 9.80 Å². The number of hydrogen-bond donors (Lipinski definition) is 0. The second-order valence-corrected chi connectivity index (χ2v) is 9.13. The van der Waals surface area contributed by atoms with Crippen LogP contribution in [0.3, 0.4) is 0 Å². The number of piperidine rings is 2. The highest BCUT2D eigenvalue weighted by Gasteiger charge is 2.46. The Hall–Kier alpha value is -2.13. The maximum absolute atomic E-state index is 12.9. The molecule has 146 valence electrons. The minimum atomic E-state index is 0.199. The lowest BCUT2D eigenvalue weighted by Crippen LogP contribution is -2.53. The van der Waals surface area contributed by atoms with Crippen LogP contribution in [0.1, 0.15) is 53.9 Å². The molecule has 0 bridgehead atoms. The minimum Gasteiger partial charge on any atom is -0.339 e. The summed E-state index contributed by atoms with van der Waals surface area (Å²) in [4.78, 5) is 17.7. The molecule has 0 aromatic heterocycles. The molecule has 1 amide bonds. The van der Waals surface area contributed by atoms with Crippen LogP contribution in [0.4, 0.5) is 0 Å². The molecule has 2 aliphatic heterocycles. The van der Waals surface area contributed by atoms with Gasteiger partial charge in [0.15, 0.2) is 0 Å². The van der Waals surface area contributed by atoms with Crippen LogP contribution in [-0.2, 0) is 0 Å². The Balaban J connectivity index is 1.31. The average Bonchev–Trinajstić information content (AvgIpc) is 3.60. The number of carbonyl (C=O) groups is 1. The first-order valence-corrected chi connectivity index (χ1v) is 10.9. The van der Waals surface area contributed by atoms with Gasteiger partial charge >= 0.3 is 0 Å². The van der Waals surface area contributed by atoms with Gasteiger partial charge in [-0.3, -0.25) is 9.69 Å². The lowest BCUT2D eigenvalue weighted by atomic mass is 9.68. The Morgan fingerprint density at radius 3 is 2.18 bits per heavy atom. The number of carbonyl (C=O) groups excluding carboxylic acids is 1. The van der Waals surface area contributed by atoms with Crippen molar-refractivity contribution in [2.75, 3.05) is 26.2 Å². The monoisotopic (exact) mass is 374 g/mol. The molecule has 2 aromatic carbocycles. The van der Waals surface area contributed by atoms with Crippen LogP contribution in [-0.4, -0.2) is 47.9 Å². The molecule has 3 fully saturated rings. The second-order valence-electron chi connectivity index (χ2n) is 9.13. The van der Waals surface area contributed by atoms with E-state index in [4.69, 9.17) is 0 Å². The molecule has 3 heteroatoms. The average molecular weight is 375 g/mol. The van der Waals surface area contributed by atoms with Crippen molar-refractivity contribution in [3.05, 3.63) is 71.8 Å². The molecule has 1 saturated carbocycles. The Labute approximate surface area is 168 Å². The highest BCUT2D eigenvalue weighted by atomic mass is 16.2. The second kappa shape index (κ2) is 7.36. The van der Waals surface area contributed by atoms with E-state index in [1.165, 1.54) is 37.9 Å². The van der Waals surface area contributed by atoms with E-state index < -0.39 is 0 Å². The zero-order valence-corrected chi connectivity index (χ0v) is 16.6. The van der Waals surface area contributed by atoms with Gasteiger partial charge in [0.25, 0.3) is 5.91 Å². The molecule has 3 nitrogen and oxygen atoms in total. The predicted molar refractivity (Wildman–Crippen MR) is 112 cm³/mol. The van der Waals surface area contributed by atoms with Gasteiger partial charge in [-0.2, -0.15) is 0 Å². The van der Waals surface area contributed by atoms with Crippen LogP contribution in [0.15, 0.2) is 60.7 Å². The number of amides is 1. The van der Waals surface area contributed by atoms with Gasteiger partial charge in [-0.1, -0.05) is 48.5 Å². The summed E-state index contributed by atoms with van der Waals surface area (Å²) in [6, 6.07) is 21.7. The van der Waals surface area contributed by atoms with Gasteiger partial charge in [0, 0.05) is 37.8 Å². The number of nitrogens with zero attached hydrogens (tertiary/aromatic N) is 2. The van der Waals surface area contributed by atoms with Crippen LogP contribution in [0.2, 0.25) is 0 Å². The molecule has 1 spiro atoms. The molecule has 28 heavy (non-hydrogen) atoms. The fourth-order valence-corrected chi connectivity index (χ4v) is 5.41. The summed E-state index contributed by atoms with van der Waals surface area (Å²) < 4.78 is 0. The van der Waals surface area contributed by atoms with Crippen LogP contribution in [0, 0.1) is 5.41 Å². The predicted octanol–water partition coefficient (Wildman–Crippen LogP) is 4.56. The minimum absolute atomic E-state index is 0.199. The number of benzene rings is 2. The molecule has 1 aliphatic carbocycles. The quantitative estimate of drug-likeness (QED) is 0.786. The molecule has 0 radical (unpaired) electrons. The van der Waals surface area contributed by atoms with E-state index in [2.05, 4.69) is 40.1 Å². The van der Waals surface area contributed by atoms with Crippen LogP contribution in [0.25, 0.3) is 0 Å². The van der Waals surface area contributed by atoms with Crippen molar-refractivity contribution >= 4 is 5.91 Å². The van der Waals surface area contributed by atoms with E-state index in [-0.39, 0.29) is 5.91 Å². The molecule has 3 aliphatic rings. The first-order chi connectivity index (χ1) is 13.7. The molecular formula is C25H30N2O. The Morgan fingerprint density at radius 2 is 1.54 bits per heavy atom. The summed E-state index contributed by atoms with van der Waals surface area (Å²) in [5.74, 6) is 0.830. The molecule has 2 aromatic rings. The molecule has 1 atom stereocenters. The highest BCUT2D eigenvalue weighted by molar-refractivity contribution is 5.94. The van der Waals surface area contributed by atoms with Gasteiger partial charge < -0.3 is 4.90 Å². The van der Waals surface area contributed by atoms with Gasteiger partial charge in [-0.05, 0) is 61.1 Å². The number of likely N-dealkylation sites (tertiary alicyclic amines) is 2. The van der Waals surface area contributed by atoms with Crippen LogP contribution < -0.4 is 0 Å². The lowest BCUT2D eigenvalue weighted by molar-refractivity contribution is 0.0111. The summed E-state index contributed by atoms with van der Waals surface area (Å²) >= 11 is 0. The normalized spacial score (nSPS) is 25.0. The fourth-order valence-electron chi connectivity index (χ4n) is 5.41. The summed E-state index contributed by atoms with van der Waals surface area (Å²) in [6.07, 6.45) is 6.29.